The van der Waals surface area contributed by atoms with Crippen LogP contribution in [-0.4, -0.2) is 35.4 Å². The van der Waals surface area contributed by atoms with Gasteiger partial charge in [0.15, 0.2) is 6.61 Å². The molecule has 0 saturated heterocycles. The maximum atomic E-state index is 13.2. The summed E-state index contributed by atoms with van der Waals surface area (Å²) in [5.41, 5.74) is 3.01. The van der Waals surface area contributed by atoms with Crippen LogP contribution in [0.5, 0.6) is 5.75 Å². The zero-order valence-electron chi connectivity index (χ0n) is 19.2. The zero-order chi connectivity index (χ0) is 23.1. The molecule has 1 aliphatic carbocycles. The van der Waals surface area contributed by atoms with Crippen LogP contribution in [0.1, 0.15) is 55.7 Å². The van der Waals surface area contributed by atoms with Crippen molar-refractivity contribution < 1.29 is 14.3 Å². The fourth-order valence-corrected chi connectivity index (χ4v) is 4.09. The van der Waals surface area contributed by atoms with Crippen LogP contribution in [0.15, 0.2) is 42.5 Å². The summed E-state index contributed by atoms with van der Waals surface area (Å²) < 4.78 is 5.74. The van der Waals surface area contributed by atoms with Gasteiger partial charge in [-0.2, -0.15) is 0 Å². The summed E-state index contributed by atoms with van der Waals surface area (Å²) in [7, 11) is 0. The lowest BCUT2D eigenvalue weighted by Gasteiger charge is -2.31. The highest BCUT2D eigenvalue weighted by Crippen LogP contribution is 2.22. The predicted molar refractivity (Wildman–Crippen MR) is 128 cm³/mol. The van der Waals surface area contributed by atoms with Gasteiger partial charge in [0.2, 0.25) is 5.91 Å². The first-order valence-electron chi connectivity index (χ1n) is 11.4. The van der Waals surface area contributed by atoms with Crippen molar-refractivity contribution >= 4 is 23.4 Å². The Hall–Kier alpha value is -2.53. The molecule has 172 valence electrons. The van der Waals surface area contributed by atoms with Crippen LogP contribution in [0.3, 0.4) is 0 Å². The van der Waals surface area contributed by atoms with Gasteiger partial charge in [0, 0.05) is 17.6 Å². The monoisotopic (exact) mass is 456 g/mol. The van der Waals surface area contributed by atoms with Crippen molar-refractivity contribution in [1.29, 1.82) is 0 Å². The molecule has 0 spiro atoms. The number of halogens is 1. The van der Waals surface area contributed by atoms with Crippen molar-refractivity contribution in [1.82, 2.24) is 10.2 Å². The van der Waals surface area contributed by atoms with E-state index in [9.17, 15) is 9.59 Å². The third-order valence-electron chi connectivity index (χ3n) is 6.08. The van der Waals surface area contributed by atoms with Crippen molar-refractivity contribution in [2.45, 2.75) is 71.5 Å². The number of benzene rings is 2. The van der Waals surface area contributed by atoms with Gasteiger partial charge in [-0.25, -0.2) is 0 Å². The van der Waals surface area contributed by atoms with E-state index in [1.165, 1.54) is 6.42 Å². The second-order valence-corrected chi connectivity index (χ2v) is 9.13. The van der Waals surface area contributed by atoms with Crippen LogP contribution in [0.25, 0.3) is 0 Å². The third kappa shape index (κ3) is 6.73. The second kappa shape index (κ2) is 11.4. The van der Waals surface area contributed by atoms with Gasteiger partial charge in [0.05, 0.1) is 0 Å². The lowest BCUT2D eigenvalue weighted by molar-refractivity contribution is -0.142. The fourth-order valence-electron chi connectivity index (χ4n) is 3.98. The molecular formula is C26H33ClN2O3. The SMILES string of the molecule is Cc1ccc(CN(C(=O)COc2ccc(Cl)c(C)c2)C(C)C(=O)NC2CCCCC2)cc1. The molecule has 1 fully saturated rings. The number of hydrogen-bond acceptors (Lipinski definition) is 3. The third-order valence-corrected chi connectivity index (χ3v) is 6.51. The molecule has 1 N–H and O–H groups in total. The molecule has 1 aliphatic rings. The Kier molecular flexibility index (Phi) is 8.57. The molecule has 5 nitrogen and oxygen atoms in total. The molecule has 2 amide bonds. The van der Waals surface area contributed by atoms with E-state index in [-0.39, 0.29) is 24.5 Å². The smallest absolute Gasteiger partial charge is 0.261 e. The summed E-state index contributed by atoms with van der Waals surface area (Å²) in [4.78, 5) is 27.8. The molecule has 0 heterocycles. The Morgan fingerprint density at radius 2 is 1.78 bits per heavy atom. The number of ether oxygens (including phenoxy) is 1. The quantitative estimate of drug-likeness (QED) is 0.593. The topological polar surface area (TPSA) is 58.6 Å². The first-order chi connectivity index (χ1) is 15.3. The zero-order valence-corrected chi connectivity index (χ0v) is 20.0. The molecule has 0 aromatic heterocycles. The highest BCUT2D eigenvalue weighted by Gasteiger charge is 2.28. The number of amides is 2. The Balaban J connectivity index is 1.70. The number of nitrogens with zero attached hydrogens (tertiary/aromatic N) is 1. The summed E-state index contributed by atoms with van der Waals surface area (Å²) in [6, 6.07) is 12.9. The van der Waals surface area contributed by atoms with Gasteiger partial charge >= 0.3 is 0 Å². The van der Waals surface area contributed by atoms with Crippen molar-refractivity contribution in [2.75, 3.05) is 6.61 Å². The Morgan fingerprint density at radius 1 is 1.09 bits per heavy atom. The molecule has 2 aromatic carbocycles. The van der Waals surface area contributed by atoms with Crippen molar-refractivity contribution in [3.8, 4) is 5.75 Å². The fraction of sp³-hybridized carbons (Fsp3) is 0.462. The normalized spacial score (nSPS) is 15.1. The van der Waals surface area contributed by atoms with Crippen molar-refractivity contribution in [3.63, 3.8) is 0 Å². The van der Waals surface area contributed by atoms with Gasteiger partial charge < -0.3 is 15.0 Å². The van der Waals surface area contributed by atoms with Crippen LogP contribution in [-0.2, 0) is 16.1 Å². The highest BCUT2D eigenvalue weighted by molar-refractivity contribution is 6.31. The summed E-state index contributed by atoms with van der Waals surface area (Å²) >= 11 is 6.08. The lowest BCUT2D eigenvalue weighted by atomic mass is 9.95. The molecule has 6 heteroatoms. The van der Waals surface area contributed by atoms with Gasteiger partial charge in [-0.3, -0.25) is 9.59 Å². The number of carbonyl (C=O) groups excluding carboxylic acids is 2. The van der Waals surface area contributed by atoms with Gasteiger partial charge in [-0.05, 0) is 62.9 Å². The molecule has 3 rings (SSSR count). The minimum Gasteiger partial charge on any atom is -0.484 e. The van der Waals surface area contributed by atoms with E-state index in [1.54, 1.807) is 30.0 Å². The Bertz CT molecular complexity index is 923. The summed E-state index contributed by atoms with van der Waals surface area (Å²) in [5, 5.41) is 3.80. The van der Waals surface area contributed by atoms with Crippen LogP contribution < -0.4 is 10.1 Å². The molecule has 2 aromatic rings. The number of carbonyl (C=O) groups is 2. The average molecular weight is 457 g/mol. The van der Waals surface area contributed by atoms with Gasteiger partial charge in [0.1, 0.15) is 11.8 Å². The minimum atomic E-state index is -0.596. The van der Waals surface area contributed by atoms with E-state index in [0.29, 0.717) is 17.3 Å². The van der Waals surface area contributed by atoms with Crippen LogP contribution >= 0.6 is 11.6 Å². The van der Waals surface area contributed by atoms with Crippen molar-refractivity contribution in [3.05, 3.63) is 64.2 Å². The maximum absolute atomic E-state index is 13.2. The van der Waals surface area contributed by atoms with E-state index >= 15 is 0 Å². The van der Waals surface area contributed by atoms with E-state index in [1.807, 2.05) is 38.1 Å². The van der Waals surface area contributed by atoms with E-state index in [0.717, 1.165) is 42.4 Å². The standard InChI is InChI=1S/C26H33ClN2O3/c1-18-9-11-21(12-10-18)16-29(20(3)26(31)28-22-7-5-4-6-8-22)25(30)17-32-23-13-14-24(27)19(2)15-23/h9-15,20,22H,4-8,16-17H2,1-3H3,(H,28,31). The van der Waals surface area contributed by atoms with E-state index < -0.39 is 6.04 Å². The van der Waals surface area contributed by atoms with Crippen LogP contribution in [0, 0.1) is 13.8 Å². The molecule has 1 atom stereocenters. The molecule has 0 bridgehead atoms. The predicted octanol–water partition coefficient (Wildman–Crippen LogP) is 5.20. The molecule has 0 radical (unpaired) electrons. The van der Waals surface area contributed by atoms with Gasteiger partial charge in [-0.1, -0.05) is 60.7 Å². The molecule has 1 unspecified atom stereocenters. The Labute approximate surface area is 196 Å². The van der Waals surface area contributed by atoms with Crippen LogP contribution in [0.4, 0.5) is 0 Å². The van der Waals surface area contributed by atoms with Crippen LogP contribution in [0.2, 0.25) is 5.02 Å². The average Bonchev–Trinajstić information content (AvgIpc) is 2.79. The number of aryl methyl sites for hydroxylation is 2. The molecule has 32 heavy (non-hydrogen) atoms. The number of hydrogen-bond donors (Lipinski definition) is 1. The van der Waals surface area contributed by atoms with Crippen molar-refractivity contribution in [2.24, 2.45) is 0 Å². The Morgan fingerprint density at radius 3 is 2.44 bits per heavy atom. The second-order valence-electron chi connectivity index (χ2n) is 8.73. The highest BCUT2D eigenvalue weighted by atomic mass is 35.5. The largest absolute Gasteiger partial charge is 0.484 e. The number of nitrogens with one attached hydrogen (secondary N) is 1. The molecule has 0 aliphatic heterocycles. The van der Waals surface area contributed by atoms with E-state index in [2.05, 4.69) is 5.32 Å². The summed E-state index contributed by atoms with van der Waals surface area (Å²) in [6.45, 7) is 5.90. The van der Waals surface area contributed by atoms with E-state index in [4.69, 9.17) is 16.3 Å². The first kappa shape index (κ1) is 24.1. The summed E-state index contributed by atoms with van der Waals surface area (Å²) in [6.07, 6.45) is 5.51. The molecular weight excluding hydrogens is 424 g/mol. The summed E-state index contributed by atoms with van der Waals surface area (Å²) in [5.74, 6) is 0.235. The molecule has 1 saturated carbocycles. The lowest BCUT2D eigenvalue weighted by Crippen LogP contribution is -2.51. The number of rotatable bonds is 8. The van der Waals surface area contributed by atoms with Gasteiger partial charge in [-0.15, -0.1) is 0 Å². The minimum absolute atomic E-state index is 0.111. The van der Waals surface area contributed by atoms with Gasteiger partial charge in [0.25, 0.3) is 5.91 Å². The first-order valence-corrected chi connectivity index (χ1v) is 11.8. The maximum Gasteiger partial charge on any atom is 0.261 e.